The fraction of sp³-hybridized carbons (Fsp3) is 0.269. The molecule has 1 atom stereocenters. The highest BCUT2D eigenvalue weighted by atomic mass is 16.5. The number of ether oxygens (including phenoxy) is 1. The summed E-state index contributed by atoms with van der Waals surface area (Å²) < 4.78 is 5.82. The minimum absolute atomic E-state index is 0.00117. The van der Waals surface area contributed by atoms with E-state index in [0.29, 0.717) is 18.1 Å². The lowest BCUT2D eigenvalue weighted by Crippen LogP contribution is -2.43. The SMILES string of the molecule is CCc1ccc(N2C(=O)c3ccccc3N[C@@H]2c2ccc(OCC(C)C)cc2)cc1. The van der Waals surface area contributed by atoms with Crippen LogP contribution in [0.25, 0.3) is 0 Å². The lowest BCUT2D eigenvalue weighted by Gasteiger charge is -2.38. The molecule has 1 aliphatic heterocycles. The second-order valence-electron chi connectivity index (χ2n) is 8.06. The van der Waals surface area contributed by atoms with Gasteiger partial charge in [0.05, 0.1) is 12.2 Å². The van der Waals surface area contributed by atoms with Crippen LogP contribution in [-0.2, 0) is 6.42 Å². The van der Waals surface area contributed by atoms with Crippen molar-refractivity contribution in [2.75, 3.05) is 16.8 Å². The van der Waals surface area contributed by atoms with Gasteiger partial charge < -0.3 is 10.1 Å². The number of amides is 1. The fourth-order valence-corrected chi connectivity index (χ4v) is 3.65. The topological polar surface area (TPSA) is 41.6 Å². The first-order chi connectivity index (χ1) is 14.6. The number of nitrogens with zero attached hydrogens (tertiary/aromatic N) is 1. The Labute approximate surface area is 178 Å². The normalized spacial score (nSPS) is 15.7. The molecule has 1 aliphatic rings. The Bertz CT molecular complexity index is 1010. The Hall–Kier alpha value is -3.27. The Morgan fingerprint density at radius 3 is 2.33 bits per heavy atom. The number of para-hydroxylation sites is 1. The van der Waals surface area contributed by atoms with Gasteiger partial charge in [-0.1, -0.05) is 57.2 Å². The Kier molecular flexibility index (Phi) is 5.75. The zero-order valence-electron chi connectivity index (χ0n) is 17.8. The molecule has 0 fully saturated rings. The summed E-state index contributed by atoms with van der Waals surface area (Å²) >= 11 is 0. The molecule has 0 aromatic heterocycles. The van der Waals surface area contributed by atoms with Crippen LogP contribution in [0.2, 0.25) is 0 Å². The predicted molar refractivity (Wildman–Crippen MR) is 122 cm³/mol. The van der Waals surface area contributed by atoms with Gasteiger partial charge in [0, 0.05) is 11.4 Å². The zero-order chi connectivity index (χ0) is 21.1. The number of rotatable bonds is 6. The first-order valence-electron chi connectivity index (χ1n) is 10.6. The molecule has 3 aromatic carbocycles. The van der Waals surface area contributed by atoms with Crippen molar-refractivity contribution in [3.63, 3.8) is 0 Å². The summed E-state index contributed by atoms with van der Waals surface area (Å²) in [4.78, 5) is 15.3. The smallest absolute Gasteiger partial charge is 0.262 e. The van der Waals surface area contributed by atoms with Gasteiger partial charge in [-0.15, -0.1) is 0 Å². The average Bonchev–Trinajstić information content (AvgIpc) is 2.78. The standard InChI is InChI=1S/C26H28N2O2/c1-4-19-9-13-21(14-10-19)28-25(27-24-8-6-5-7-23(24)26(28)29)20-11-15-22(16-12-20)30-17-18(2)3/h5-16,18,25,27H,4,17H2,1-3H3/t25-/m0/s1. The molecule has 0 spiro atoms. The van der Waals surface area contributed by atoms with E-state index in [9.17, 15) is 4.79 Å². The van der Waals surface area contributed by atoms with Crippen molar-refractivity contribution < 1.29 is 9.53 Å². The summed E-state index contributed by atoms with van der Waals surface area (Å²) in [5.41, 5.74) is 4.68. The van der Waals surface area contributed by atoms with E-state index in [4.69, 9.17) is 4.74 Å². The van der Waals surface area contributed by atoms with Gasteiger partial charge in [-0.05, 0) is 59.9 Å². The van der Waals surface area contributed by atoms with Crippen molar-refractivity contribution >= 4 is 17.3 Å². The average molecular weight is 401 g/mol. The number of hydrogen-bond donors (Lipinski definition) is 1. The van der Waals surface area contributed by atoms with Crippen LogP contribution < -0.4 is 15.0 Å². The van der Waals surface area contributed by atoms with E-state index in [1.807, 2.05) is 65.6 Å². The third kappa shape index (κ3) is 4.04. The molecule has 1 N–H and O–H groups in total. The molecule has 0 aliphatic carbocycles. The van der Waals surface area contributed by atoms with Crippen molar-refractivity contribution in [3.05, 3.63) is 89.5 Å². The van der Waals surface area contributed by atoms with Gasteiger partial charge in [0.15, 0.2) is 0 Å². The summed E-state index contributed by atoms with van der Waals surface area (Å²) in [6.07, 6.45) is 0.676. The van der Waals surface area contributed by atoms with Gasteiger partial charge in [0.25, 0.3) is 5.91 Å². The Morgan fingerprint density at radius 2 is 1.67 bits per heavy atom. The van der Waals surface area contributed by atoms with Crippen LogP contribution in [0.15, 0.2) is 72.8 Å². The fourth-order valence-electron chi connectivity index (χ4n) is 3.65. The van der Waals surface area contributed by atoms with Gasteiger partial charge in [-0.25, -0.2) is 0 Å². The maximum absolute atomic E-state index is 13.5. The number of aryl methyl sites for hydroxylation is 1. The van der Waals surface area contributed by atoms with Crippen LogP contribution in [0.1, 0.15) is 48.4 Å². The minimum atomic E-state index is -0.293. The van der Waals surface area contributed by atoms with E-state index < -0.39 is 0 Å². The van der Waals surface area contributed by atoms with Gasteiger partial charge in [0.1, 0.15) is 11.9 Å². The number of carbonyl (C=O) groups is 1. The molecule has 0 radical (unpaired) electrons. The van der Waals surface area contributed by atoms with Crippen molar-refractivity contribution in [3.8, 4) is 5.75 Å². The number of carbonyl (C=O) groups excluding carboxylic acids is 1. The molecule has 0 saturated carbocycles. The van der Waals surface area contributed by atoms with Crippen molar-refractivity contribution in [2.24, 2.45) is 5.92 Å². The van der Waals surface area contributed by atoms with Crippen molar-refractivity contribution in [1.82, 2.24) is 0 Å². The van der Waals surface area contributed by atoms with Crippen LogP contribution >= 0.6 is 0 Å². The van der Waals surface area contributed by atoms with Crippen LogP contribution in [0.5, 0.6) is 5.75 Å². The minimum Gasteiger partial charge on any atom is -0.493 e. The monoisotopic (exact) mass is 400 g/mol. The molecule has 4 heteroatoms. The Balaban J connectivity index is 1.70. The van der Waals surface area contributed by atoms with Gasteiger partial charge in [0.2, 0.25) is 0 Å². The second kappa shape index (κ2) is 8.62. The van der Waals surface area contributed by atoms with E-state index in [2.05, 4.69) is 38.2 Å². The highest BCUT2D eigenvalue weighted by Crippen LogP contribution is 2.37. The quantitative estimate of drug-likeness (QED) is 0.547. The number of fused-ring (bicyclic) bond motifs is 1. The molecule has 3 aromatic rings. The van der Waals surface area contributed by atoms with Crippen LogP contribution in [-0.4, -0.2) is 12.5 Å². The van der Waals surface area contributed by atoms with E-state index in [0.717, 1.165) is 29.1 Å². The van der Waals surface area contributed by atoms with E-state index in [1.165, 1.54) is 5.56 Å². The van der Waals surface area contributed by atoms with Crippen LogP contribution in [0.4, 0.5) is 11.4 Å². The predicted octanol–water partition coefficient (Wildman–Crippen LogP) is 6.05. The molecule has 154 valence electrons. The summed E-state index contributed by atoms with van der Waals surface area (Å²) in [5, 5.41) is 3.55. The van der Waals surface area contributed by atoms with E-state index >= 15 is 0 Å². The second-order valence-corrected chi connectivity index (χ2v) is 8.06. The Morgan fingerprint density at radius 1 is 0.967 bits per heavy atom. The molecule has 4 nitrogen and oxygen atoms in total. The molecule has 1 amide bonds. The van der Waals surface area contributed by atoms with Crippen LogP contribution in [0, 0.1) is 5.92 Å². The molecule has 1 heterocycles. The van der Waals surface area contributed by atoms with Gasteiger partial charge in [-0.3, -0.25) is 9.69 Å². The molecule has 0 bridgehead atoms. The molecule has 30 heavy (non-hydrogen) atoms. The number of anilines is 2. The maximum Gasteiger partial charge on any atom is 0.262 e. The largest absolute Gasteiger partial charge is 0.493 e. The summed E-state index contributed by atoms with van der Waals surface area (Å²) in [6, 6.07) is 23.9. The maximum atomic E-state index is 13.5. The molecular weight excluding hydrogens is 372 g/mol. The molecular formula is C26H28N2O2. The van der Waals surface area contributed by atoms with Gasteiger partial charge in [-0.2, -0.15) is 0 Å². The molecule has 0 unspecified atom stereocenters. The highest BCUT2D eigenvalue weighted by Gasteiger charge is 2.33. The zero-order valence-corrected chi connectivity index (χ0v) is 17.8. The van der Waals surface area contributed by atoms with Gasteiger partial charge >= 0.3 is 0 Å². The first kappa shape index (κ1) is 20.0. The van der Waals surface area contributed by atoms with E-state index in [1.54, 1.807) is 0 Å². The number of hydrogen-bond acceptors (Lipinski definition) is 3. The lowest BCUT2D eigenvalue weighted by atomic mass is 10.0. The van der Waals surface area contributed by atoms with E-state index in [-0.39, 0.29) is 12.1 Å². The van der Waals surface area contributed by atoms with Crippen LogP contribution in [0.3, 0.4) is 0 Å². The van der Waals surface area contributed by atoms with Crippen molar-refractivity contribution in [1.29, 1.82) is 0 Å². The lowest BCUT2D eigenvalue weighted by molar-refractivity contribution is 0.0975. The summed E-state index contributed by atoms with van der Waals surface area (Å²) in [7, 11) is 0. The third-order valence-corrected chi connectivity index (χ3v) is 5.33. The summed E-state index contributed by atoms with van der Waals surface area (Å²) in [5.74, 6) is 1.31. The number of nitrogens with one attached hydrogen (secondary N) is 1. The first-order valence-corrected chi connectivity index (χ1v) is 10.6. The summed E-state index contributed by atoms with van der Waals surface area (Å²) in [6.45, 7) is 7.07. The number of benzene rings is 3. The van der Waals surface area contributed by atoms with Crippen molar-refractivity contribution in [2.45, 2.75) is 33.4 Å². The third-order valence-electron chi connectivity index (χ3n) is 5.33. The molecule has 0 saturated heterocycles. The highest BCUT2D eigenvalue weighted by molar-refractivity contribution is 6.12. The molecule has 4 rings (SSSR count).